The van der Waals surface area contributed by atoms with Gasteiger partial charge < -0.3 is 9.73 Å². The summed E-state index contributed by atoms with van der Waals surface area (Å²) in [4.78, 5) is 23.8. The van der Waals surface area contributed by atoms with Crippen molar-refractivity contribution in [1.29, 1.82) is 0 Å². The highest BCUT2D eigenvalue weighted by atomic mass is 16.3. The number of nitrogens with one attached hydrogen (secondary N) is 1. The Morgan fingerprint density at radius 2 is 2.10 bits per heavy atom. The molecular formula is C24H28N4O2. The normalized spacial score (nSPS) is 23.7. The fourth-order valence-electron chi connectivity index (χ4n) is 4.95. The van der Waals surface area contributed by atoms with E-state index in [0.717, 1.165) is 50.9 Å². The summed E-state index contributed by atoms with van der Waals surface area (Å²) in [6, 6.07) is 14.2. The lowest BCUT2D eigenvalue weighted by molar-refractivity contribution is -0.137. The number of likely N-dealkylation sites (tertiary alicyclic amines) is 1. The molecule has 1 N–H and O–H groups in total. The van der Waals surface area contributed by atoms with Crippen molar-refractivity contribution in [3.8, 4) is 0 Å². The maximum atomic E-state index is 12.7. The molecule has 2 fully saturated rings. The fourth-order valence-corrected chi connectivity index (χ4v) is 4.95. The number of hydrogen-bond donors (Lipinski definition) is 1. The highest BCUT2D eigenvalue weighted by Crippen LogP contribution is 2.45. The van der Waals surface area contributed by atoms with Gasteiger partial charge >= 0.3 is 0 Å². The number of oxazole rings is 1. The molecule has 1 amide bonds. The first-order chi connectivity index (χ1) is 14.8. The van der Waals surface area contributed by atoms with Gasteiger partial charge in [-0.1, -0.05) is 30.3 Å². The van der Waals surface area contributed by atoms with E-state index >= 15 is 0 Å². The van der Waals surface area contributed by atoms with E-state index in [9.17, 15) is 4.79 Å². The number of pyridine rings is 1. The number of carbonyl (C=O) groups excluding carboxylic acids is 1. The van der Waals surface area contributed by atoms with E-state index in [1.54, 1.807) is 6.20 Å². The van der Waals surface area contributed by atoms with Gasteiger partial charge in [0, 0.05) is 25.2 Å². The van der Waals surface area contributed by atoms with Crippen molar-refractivity contribution in [2.75, 3.05) is 19.6 Å². The molecule has 6 heteroatoms. The number of benzene rings is 1. The Kier molecular flexibility index (Phi) is 5.49. The van der Waals surface area contributed by atoms with Crippen LogP contribution in [-0.2, 0) is 17.8 Å². The van der Waals surface area contributed by atoms with Crippen LogP contribution in [0.2, 0.25) is 0 Å². The summed E-state index contributed by atoms with van der Waals surface area (Å²) in [6.45, 7) is 3.42. The van der Waals surface area contributed by atoms with Gasteiger partial charge in [0.15, 0.2) is 11.2 Å². The molecule has 156 valence electrons. The van der Waals surface area contributed by atoms with Gasteiger partial charge in [-0.3, -0.25) is 9.69 Å². The van der Waals surface area contributed by atoms with Gasteiger partial charge in [-0.15, -0.1) is 0 Å². The predicted octanol–water partition coefficient (Wildman–Crippen LogP) is 3.43. The second-order valence-corrected chi connectivity index (χ2v) is 8.60. The summed E-state index contributed by atoms with van der Waals surface area (Å²) in [5.74, 6) is 2.24. The molecule has 2 aliphatic rings. The second kappa shape index (κ2) is 8.56. The lowest BCUT2D eigenvalue weighted by Gasteiger charge is -2.50. The van der Waals surface area contributed by atoms with Gasteiger partial charge in [-0.2, -0.15) is 4.98 Å². The van der Waals surface area contributed by atoms with Crippen molar-refractivity contribution in [1.82, 2.24) is 20.2 Å². The highest BCUT2D eigenvalue weighted by molar-refractivity contribution is 5.80. The average molecular weight is 405 g/mol. The number of piperidine rings is 1. The number of carbonyl (C=O) groups is 1. The van der Waals surface area contributed by atoms with Crippen molar-refractivity contribution < 1.29 is 9.21 Å². The predicted molar refractivity (Wildman–Crippen MR) is 115 cm³/mol. The molecule has 0 radical (unpaired) electrons. The van der Waals surface area contributed by atoms with E-state index < -0.39 is 0 Å². The van der Waals surface area contributed by atoms with E-state index in [0.29, 0.717) is 29.9 Å². The van der Waals surface area contributed by atoms with Gasteiger partial charge in [0.05, 0.1) is 6.54 Å². The van der Waals surface area contributed by atoms with Crippen LogP contribution in [0.3, 0.4) is 0 Å². The third kappa shape index (κ3) is 4.10. The van der Waals surface area contributed by atoms with Crippen LogP contribution in [0.25, 0.3) is 11.2 Å². The molecule has 1 aliphatic carbocycles. The van der Waals surface area contributed by atoms with Crippen molar-refractivity contribution in [3.05, 3.63) is 60.1 Å². The summed E-state index contributed by atoms with van der Waals surface area (Å²) >= 11 is 0. The topological polar surface area (TPSA) is 71.3 Å². The maximum Gasteiger partial charge on any atom is 0.223 e. The zero-order chi connectivity index (χ0) is 20.3. The zero-order valence-corrected chi connectivity index (χ0v) is 17.2. The van der Waals surface area contributed by atoms with E-state index in [4.69, 9.17) is 4.42 Å². The van der Waals surface area contributed by atoms with Crippen molar-refractivity contribution in [2.24, 2.45) is 17.8 Å². The summed E-state index contributed by atoms with van der Waals surface area (Å²) in [5.41, 5.74) is 2.73. The number of aryl methyl sites for hydroxylation is 1. The largest absolute Gasteiger partial charge is 0.438 e. The van der Waals surface area contributed by atoms with Gasteiger partial charge in [0.1, 0.15) is 0 Å². The van der Waals surface area contributed by atoms with Crippen LogP contribution in [0, 0.1) is 17.8 Å². The Labute approximate surface area is 176 Å². The van der Waals surface area contributed by atoms with Crippen LogP contribution in [0.5, 0.6) is 0 Å². The molecule has 1 saturated carbocycles. The lowest BCUT2D eigenvalue weighted by Crippen LogP contribution is -2.54. The number of amides is 1. The third-order valence-corrected chi connectivity index (χ3v) is 6.65. The van der Waals surface area contributed by atoms with Crippen LogP contribution >= 0.6 is 0 Å². The summed E-state index contributed by atoms with van der Waals surface area (Å²) in [6.07, 6.45) is 5.91. The minimum Gasteiger partial charge on any atom is -0.438 e. The minimum absolute atomic E-state index is 0.153. The molecule has 30 heavy (non-hydrogen) atoms. The molecule has 0 bridgehead atoms. The molecular weight excluding hydrogens is 376 g/mol. The highest BCUT2D eigenvalue weighted by Gasteiger charge is 2.47. The van der Waals surface area contributed by atoms with Gasteiger partial charge in [0.25, 0.3) is 0 Å². The average Bonchev–Trinajstić information content (AvgIpc) is 3.16. The van der Waals surface area contributed by atoms with Gasteiger partial charge in [0.2, 0.25) is 11.8 Å². The number of hydrogen-bond acceptors (Lipinski definition) is 5. The number of nitrogens with zero attached hydrogens (tertiary/aromatic N) is 3. The van der Waals surface area contributed by atoms with Crippen LogP contribution < -0.4 is 5.32 Å². The van der Waals surface area contributed by atoms with Crippen molar-refractivity contribution in [2.45, 2.75) is 32.2 Å². The number of fused-ring (bicyclic) bond motifs is 2. The van der Waals surface area contributed by atoms with E-state index in [1.807, 2.05) is 18.2 Å². The van der Waals surface area contributed by atoms with E-state index in [1.165, 1.54) is 5.56 Å². The summed E-state index contributed by atoms with van der Waals surface area (Å²) in [5, 5.41) is 3.17. The molecule has 1 aromatic carbocycles. The molecule has 1 saturated heterocycles. The molecule has 3 aromatic rings. The molecule has 0 unspecified atom stereocenters. The molecule has 6 nitrogen and oxygen atoms in total. The molecule has 3 heterocycles. The molecule has 0 spiro atoms. The zero-order valence-electron chi connectivity index (χ0n) is 17.2. The maximum absolute atomic E-state index is 12.7. The Balaban J connectivity index is 1.10. The first-order valence-electron chi connectivity index (χ1n) is 11.0. The Hall–Kier alpha value is -2.73. The smallest absolute Gasteiger partial charge is 0.223 e. The Morgan fingerprint density at radius 3 is 2.97 bits per heavy atom. The number of rotatable bonds is 7. The molecule has 5 rings (SSSR count). The molecule has 1 aliphatic heterocycles. The summed E-state index contributed by atoms with van der Waals surface area (Å²) in [7, 11) is 0. The fraction of sp³-hybridized carbons (Fsp3) is 0.458. The second-order valence-electron chi connectivity index (χ2n) is 8.60. The quantitative estimate of drug-likeness (QED) is 0.611. The van der Waals surface area contributed by atoms with E-state index in [-0.39, 0.29) is 11.8 Å². The first-order valence-corrected chi connectivity index (χ1v) is 11.0. The van der Waals surface area contributed by atoms with Gasteiger partial charge in [-0.05, 0) is 61.8 Å². The van der Waals surface area contributed by atoms with Crippen molar-refractivity contribution in [3.63, 3.8) is 0 Å². The lowest BCUT2D eigenvalue weighted by atomic mass is 9.61. The van der Waals surface area contributed by atoms with Crippen LogP contribution in [0.1, 0.15) is 30.7 Å². The monoisotopic (exact) mass is 404 g/mol. The first kappa shape index (κ1) is 19.2. The van der Waals surface area contributed by atoms with Crippen molar-refractivity contribution >= 4 is 17.1 Å². The third-order valence-electron chi connectivity index (χ3n) is 6.65. The standard InChI is InChI=1S/C24H28N4O2/c29-24(26-12-4-8-17-6-2-1-3-7-17)19-14-18-10-13-28(15-20(18)19)16-22-27-23-21(30-22)9-5-11-25-23/h1-3,5-7,9,11,18-20H,4,8,10,12-16H2,(H,26,29)/t18-,19-,20-/m1/s1. The minimum atomic E-state index is 0.153. The molecule has 3 atom stereocenters. The SMILES string of the molecule is O=C(NCCCc1ccccc1)[C@@H]1C[C@H]2CCN(Cc3nc4ncccc4o3)C[C@H]21. The van der Waals surface area contributed by atoms with E-state index in [2.05, 4.69) is 44.5 Å². The van der Waals surface area contributed by atoms with Gasteiger partial charge in [-0.25, -0.2) is 4.98 Å². The summed E-state index contributed by atoms with van der Waals surface area (Å²) < 4.78 is 5.83. The van der Waals surface area contributed by atoms with Crippen LogP contribution in [0.4, 0.5) is 0 Å². The van der Waals surface area contributed by atoms with Crippen LogP contribution in [-0.4, -0.2) is 40.4 Å². The Bertz CT molecular complexity index is 970. The number of aromatic nitrogens is 2. The van der Waals surface area contributed by atoms with Crippen LogP contribution in [0.15, 0.2) is 53.1 Å². The Morgan fingerprint density at radius 1 is 1.20 bits per heavy atom. The molecule has 2 aromatic heterocycles.